The Kier molecular flexibility index (Phi) is 9.09. The van der Waals surface area contributed by atoms with Crippen LogP contribution in [0.5, 0.6) is 0 Å². The lowest BCUT2D eigenvalue weighted by Gasteiger charge is -2.36. The second-order valence-electron chi connectivity index (χ2n) is 5.41. The summed E-state index contributed by atoms with van der Waals surface area (Å²) in [6.07, 6.45) is 1.01. The molecule has 0 aromatic heterocycles. The zero-order chi connectivity index (χ0) is 14.8. The molecule has 6 heteroatoms. The molecule has 1 aliphatic rings. The predicted octanol–water partition coefficient (Wildman–Crippen LogP) is 0.467. The van der Waals surface area contributed by atoms with E-state index in [2.05, 4.69) is 34.1 Å². The molecule has 0 bridgehead atoms. The van der Waals surface area contributed by atoms with E-state index in [9.17, 15) is 0 Å². The summed E-state index contributed by atoms with van der Waals surface area (Å²) >= 11 is 5.44. The van der Waals surface area contributed by atoms with Crippen molar-refractivity contribution in [3.05, 3.63) is 0 Å². The molecule has 0 unspecified atom stereocenters. The highest BCUT2D eigenvalue weighted by Crippen LogP contribution is 2.02. The van der Waals surface area contributed by atoms with Crippen LogP contribution in [0.15, 0.2) is 0 Å². The van der Waals surface area contributed by atoms with Crippen molar-refractivity contribution in [2.75, 3.05) is 73.1 Å². The fourth-order valence-electron chi connectivity index (χ4n) is 2.14. The Bertz CT molecular complexity index is 268. The van der Waals surface area contributed by atoms with Gasteiger partial charge in [-0.3, -0.25) is 4.90 Å². The quantitative estimate of drug-likeness (QED) is 0.518. The van der Waals surface area contributed by atoms with Crippen LogP contribution in [0, 0.1) is 0 Å². The van der Waals surface area contributed by atoms with Gasteiger partial charge in [0.2, 0.25) is 0 Å². The maximum Gasteiger partial charge on any atom is 0.169 e. The first-order valence-corrected chi connectivity index (χ1v) is 8.02. The van der Waals surface area contributed by atoms with Crippen molar-refractivity contribution >= 4 is 17.3 Å². The van der Waals surface area contributed by atoms with Crippen molar-refractivity contribution in [2.45, 2.75) is 13.3 Å². The maximum atomic E-state index is 5.44. The Balaban J connectivity index is 2.09. The van der Waals surface area contributed by atoms with Gasteiger partial charge < -0.3 is 19.9 Å². The Morgan fingerprint density at radius 3 is 2.55 bits per heavy atom. The number of rotatable bonds is 8. The van der Waals surface area contributed by atoms with Crippen LogP contribution >= 0.6 is 12.2 Å². The van der Waals surface area contributed by atoms with Gasteiger partial charge in [-0.05, 0) is 39.7 Å². The van der Waals surface area contributed by atoms with E-state index >= 15 is 0 Å². The first-order valence-electron chi connectivity index (χ1n) is 7.61. The van der Waals surface area contributed by atoms with Crippen LogP contribution in [0.25, 0.3) is 0 Å². The summed E-state index contributed by atoms with van der Waals surface area (Å²) < 4.78 is 5.31. The zero-order valence-corrected chi connectivity index (χ0v) is 14.0. The van der Waals surface area contributed by atoms with Crippen LogP contribution in [0.1, 0.15) is 13.3 Å². The van der Waals surface area contributed by atoms with Gasteiger partial charge in [-0.15, -0.1) is 0 Å². The monoisotopic (exact) mass is 302 g/mol. The van der Waals surface area contributed by atoms with Crippen LogP contribution < -0.4 is 5.32 Å². The zero-order valence-electron chi connectivity index (χ0n) is 13.2. The van der Waals surface area contributed by atoms with Gasteiger partial charge >= 0.3 is 0 Å². The molecule has 0 saturated carbocycles. The fourth-order valence-corrected chi connectivity index (χ4v) is 2.43. The van der Waals surface area contributed by atoms with Gasteiger partial charge in [0.1, 0.15) is 0 Å². The lowest BCUT2D eigenvalue weighted by atomic mass is 10.3. The lowest BCUT2D eigenvalue weighted by Crippen LogP contribution is -2.52. The average molecular weight is 302 g/mol. The molecule has 0 radical (unpaired) electrons. The Morgan fingerprint density at radius 2 is 1.95 bits per heavy atom. The molecule has 0 atom stereocenters. The lowest BCUT2D eigenvalue weighted by molar-refractivity contribution is 0.145. The first kappa shape index (κ1) is 17.6. The molecule has 1 N–H and O–H groups in total. The van der Waals surface area contributed by atoms with Crippen molar-refractivity contribution in [3.63, 3.8) is 0 Å². The molecule has 118 valence electrons. The average Bonchev–Trinajstić information content (AvgIpc) is 2.45. The number of thiocarbonyl (C=S) groups is 1. The molecule has 1 rings (SSSR count). The molecule has 0 spiro atoms. The summed E-state index contributed by atoms with van der Waals surface area (Å²) in [4.78, 5) is 7.02. The number of nitrogens with zero attached hydrogens (tertiary/aromatic N) is 3. The van der Waals surface area contributed by atoms with Crippen LogP contribution in [0.4, 0.5) is 0 Å². The molecule has 20 heavy (non-hydrogen) atoms. The van der Waals surface area contributed by atoms with Gasteiger partial charge in [-0.1, -0.05) is 0 Å². The standard InChI is InChI=1S/C14H30N4OS/c1-4-19-13-5-6-15-14(20)18-11-9-17(10-12-18)8-7-16(2)3/h4-13H2,1-3H3,(H,15,20). The number of hydrogen-bond acceptors (Lipinski definition) is 4. The van der Waals surface area contributed by atoms with Gasteiger partial charge in [0.15, 0.2) is 5.11 Å². The molecular formula is C14H30N4OS. The van der Waals surface area contributed by atoms with Gasteiger partial charge in [0.05, 0.1) is 0 Å². The van der Waals surface area contributed by atoms with E-state index < -0.39 is 0 Å². The summed E-state index contributed by atoms with van der Waals surface area (Å²) in [7, 11) is 4.25. The minimum atomic E-state index is 0.791. The van der Waals surface area contributed by atoms with E-state index in [0.717, 1.165) is 70.6 Å². The Labute approximate surface area is 129 Å². The summed E-state index contributed by atoms with van der Waals surface area (Å²) in [5.41, 5.74) is 0. The van der Waals surface area contributed by atoms with E-state index in [4.69, 9.17) is 17.0 Å². The third-order valence-electron chi connectivity index (χ3n) is 3.47. The Hall–Kier alpha value is -0.430. The summed E-state index contributed by atoms with van der Waals surface area (Å²) in [6, 6.07) is 0. The second-order valence-corrected chi connectivity index (χ2v) is 5.80. The normalized spacial score (nSPS) is 16.7. The molecule has 0 aromatic carbocycles. The molecule has 1 fully saturated rings. The highest BCUT2D eigenvalue weighted by atomic mass is 32.1. The molecule has 1 aliphatic heterocycles. The van der Waals surface area contributed by atoms with Gasteiger partial charge in [0, 0.05) is 59.0 Å². The van der Waals surface area contributed by atoms with Crippen LogP contribution in [-0.2, 0) is 4.74 Å². The molecule has 1 heterocycles. The number of nitrogens with one attached hydrogen (secondary N) is 1. The molecule has 0 aliphatic carbocycles. The SMILES string of the molecule is CCOCCCNC(=S)N1CCN(CCN(C)C)CC1. The van der Waals surface area contributed by atoms with Crippen LogP contribution in [0.3, 0.4) is 0 Å². The third kappa shape index (κ3) is 7.38. The van der Waals surface area contributed by atoms with Crippen molar-refractivity contribution < 1.29 is 4.74 Å². The minimum Gasteiger partial charge on any atom is -0.382 e. The molecule has 0 amide bonds. The largest absolute Gasteiger partial charge is 0.382 e. The van der Waals surface area contributed by atoms with Gasteiger partial charge in [-0.25, -0.2) is 0 Å². The Morgan fingerprint density at radius 1 is 1.25 bits per heavy atom. The van der Waals surface area contributed by atoms with E-state index in [0.29, 0.717) is 0 Å². The highest BCUT2D eigenvalue weighted by molar-refractivity contribution is 7.80. The molecule has 1 saturated heterocycles. The summed E-state index contributed by atoms with van der Waals surface area (Å²) in [5.74, 6) is 0. The number of ether oxygens (including phenoxy) is 1. The van der Waals surface area contributed by atoms with Crippen molar-refractivity contribution in [2.24, 2.45) is 0 Å². The smallest absolute Gasteiger partial charge is 0.169 e. The number of likely N-dealkylation sites (N-methyl/N-ethyl adjacent to an activating group) is 1. The van der Waals surface area contributed by atoms with E-state index in [1.807, 2.05) is 6.92 Å². The minimum absolute atomic E-state index is 0.791. The first-order chi connectivity index (χ1) is 9.63. The summed E-state index contributed by atoms with van der Waals surface area (Å²) in [6.45, 7) is 11.1. The van der Waals surface area contributed by atoms with Crippen molar-refractivity contribution in [1.82, 2.24) is 20.0 Å². The van der Waals surface area contributed by atoms with E-state index in [1.165, 1.54) is 0 Å². The van der Waals surface area contributed by atoms with Crippen molar-refractivity contribution in [1.29, 1.82) is 0 Å². The second kappa shape index (κ2) is 10.3. The predicted molar refractivity (Wildman–Crippen MR) is 88.3 cm³/mol. The fraction of sp³-hybridized carbons (Fsp3) is 0.929. The van der Waals surface area contributed by atoms with E-state index in [-0.39, 0.29) is 0 Å². The van der Waals surface area contributed by atoms with Gasteiger partial charge in [-0.2, -0.15) is 0 Å². The van der Waals surface area contributed by atoms with Gasteiger partial charge in [0.25, 0.3) is 0 Å². The van der Waals surface area contributed by atoms with E-state index in [1.54, 1.807) is 0 Å². The topological polar surface area (TPSA) is 31.0 Å². The van der Waals surface area contributed by atoms with Crippen molar-refractivity contribution in [3.8, 4) is 0 Å². The maximum absolute atomic E-state index is 5.44. The number of piperazine rings is 1. The molecule has 5 nitrogen and oxygen atoms in total. The number of hydrogen-bond donors (Lipinski definition) is 1. The summed E-state index contributed by atoms with van der Waals surface area (Å²) in [5, 5.41) is 4.22. The van der Waals surface area contributed by atoms with Crippen LogP contribution in [-0.4, -0.2) is 92.9 Å². The molecular weight excluding hydrogens is 272 g/mol. The molecule has 0 aromatic rings. The third-order valence-corrected chi connectivity index (χ3v) is 3.87. The van der Waals surface area contributed by atoms with Crippen LogP contribution in [0.2, 0.25) is 0 Å². The highest BCUT2D eigenvalue weighted by Gasteiger charge is 2.18.